The van der Waals surface area contributed by atoms with E-state index in [4.69, 9.17) is 14.6 Å². The normalized spacial score (nSPS) is 10.0. The number of ether oxygens (including phenoxy) is 2. The second kappa shape index (κ2) is 6.41. The number of esters is 1. The summed E-state index contributed by atoms with van der Waals surface area (Å²) in [6, 6.07) is 10.6. The predicted octanol–water partition coefficient (Wildman–Crippen LogP) is 3.38. The molecule has 0 radical (unpaired) electrons. The quantitative estimate of drug-likeness (QED) is 0.675. The lowest BCUT2D eigenvalue weighted by Crippen LogP contribution is -2.10. The third-order valence-electron chi connectivity index (χ3n) is 2.69. The molecular formula is C15H11BrO5. The van der Waals surface area contributed by atoms with E-state index in [2.05, 4.69) is 15.9 Å². The van der Waals surface area contributed by atoms with E-state index in [1.807, 2.05) is 0 Å². The summed E-state index contributed by atoms with van der Waals surface area (Å²) in [5.41, 5.74) is 0.393. The van der Waals surface area contributed by atoms with Crippen molar-refractivity contribution in [3.05, 3.63) is 58.1 Å². The van der Waals surface area contributed by atoms with Gasteiger partial charge in [0.1, 0.15) is 17.1 Å². The van der Waals surface area contributed by atoms with Gasteiger partial charge in [0.25, 0.3) is 0 Å². The van der Waals surface area contributed by atoms with Gasteiger partial charge < -0.3 is 14.6 Å². The number of hydrogen-bond acceptors (Lipinski definition) is 4. The Kier molecular flexibility index (Phi) is 4.59. The van der Waals surface area contributed by atoms with Crippen molar-refractivity contribution in [1.29, 1.82) is 0 Å². The van der Waals surface area contributed by atoms with Crippen molar-refractivity contribution >= 4 is 27.9 Å². The Morgan fingerprint density at radius 3 is 2.33 bits per heavy atom. The zero-order valence-corrected chi connectivity index (χ0v) is 12.6. The fourth-order valence-corrected chi connectivity index (χ4v) is 2.03. The molecule has 0 saturated heterocycles. The lowest BCUT2D eigenvalue weighted by molar-refractivity contribution is 0.0696. The van der Waals surface area contributed by atoms with Crippen LogP contribution in [0.1, 0.15) is 20.7 Å². The molecule has 2 aromatic rings. The maximum Gasteiger partial charge on any atom is 0.347 e. The minimum absolute atomic E-state index is 0.120. The highest BCUT2D eigenvalue weighted by Gasteiger charge is 2.15. The minimum Gasteiger partial charge on any atom is -0.496 e. The number of aromatic carboxylic acids is 1. The largest absolute Gasteiger partial charge is 0.496 e. The Labute approximate surface area is 129 Å². The number of carboxylic acid groups (broad SMARTS) is 1. The molecule has 0 spiro atoms. The molecule has 0 aliphatic carbocycles. The van der Waals surface area contributed by atoms with Crippen LogP contribution >= 0.6 is 15.9 Å². The highest BCUT2D eigenvalue weighted by atomic mass is 79.9. The third-order valence-corrected chi connectivity index (χ3v) is 3.19. The van der Waals surface area contributed by atoms with Gasteiger partial charge in [-0.1, -0.05) is 15.9 Å². The number of carboxylic acids is 1. The number of rotatable bonds is 4. The highest BCUT2D eigenvalue weighted by Crippen LogP contribution is 2.24. The molecule has 21 heavy (non-hydrogen) atoms. The van der Waals surface area contributed by atoms with Crippen LogP contribution in [0.3, 0.4) is 0 Å². The van der Waals surface area contributed by atoms with Gasteiger partial charge >= 0.3 is 11.9 Å². The first-order valence-corrected chi connectivity index (χ1v) is 6.69. The van der Waals surface area contributed by atoms with Gasteiger partial charge in [0, 0.05) is 4.47 Å². The Bertz CT molecular complexity index is 679. The molecule has 0 aromatic heterocycles. The summed E-state index contributed by atoms with van der Waals surface area (Å²) < 4.78 is 11.0. The van der Waals surface area contributed by atoms with Gasteiger partial charge in [-0.05, 0) is 42.5 Å². The fraction of sp³-hybridized carbons (Fsp3) is 0.0667. The van der Waals surface area contributed by atoms with Crippen LogP contribution in [0, 0.1) is 0 Å². The first kappa shape index (κ1) is 15.1. The van der Waals surface area contributed by atoms with Crippen LogP contribution in [-0.4, -0.2) is 24.2 Å². The maximum absolute atomic E-state index is 12.1. The molecule has 1 N–H and O–H groups in total. The van der Waals surface area contributed by atoms with Crippen molar-refractivity contribution in [2.24, 2.45) is 0 Å². The number of carbonyl (C=O) groups excluding carboxylic acids is 1. The topological polar surface area (TPSA) is 72.8 Å². The van der Waals surface area contributed by atoms with E-state index < -0.39 is 11.9 Å². The molecule has 0 unspecified atom stereocenters. The molecular weight excluding hydrogens is 340 g/mol. The van der Waals surface area contributed by atoms with Crippen molar-refractivity contribution in [3.63, 3.8) is 0 Å². The van der Waals surface area contributed by atoms with E-state index in [-0.39, 0.29) is 16.9 Å². The zero-order valence-electron chi connectivity index (χ0n) is 11.0. The van der Waals surface area contributed by atoms with Crippen molar-refractivity contribution in [2.75, 3.05) is 7.11 Å². The van der Waals surface area contributed by atoms with Gasteiger partial charge in [0.05, 0.1) is 12.7 Å². The Morgan fingerprint density at radius 1 is 1.10 bits per heavy atom. The second-order valence-electron chi connectivity index (χ2n) is 4.06. The maximum atomic E-state index is 12.1. The summed E-state index contributed by atoms with van der Waals surface area (Å²) in [6.07, 6.45) is 0. The zero-order chi connectivity index (χ0) is 15.4. The predicted molar refractivity (Wildman–Crippen MR) is 79.1 cm³/mol. The molecule has 0 fully saturated rings. The standard InChI is InChI=1S/C15H11BrO5/c1-20-13-7-4-10(16)8-12(13)15(19)21-11-5-2-9(3-6-11)14(17)18/h2-8H,1H3,(H,17,18). The summed E-state index contributed by atoms with van der Waals surface area (Å²) in [5.74, 6) is -0.977. The van der Waals surface area contributed by atoms with E-state index >= 15 is 0 Å². The molecule has 0 amide bonds. The van der Waals surface area contributed by atoms with Gasteiger partial charge in [-0.25, -0.2) is 9.59 Å². The van der Waals surface area contributed by atoms with Crippen LogP contribution < -0.4 is 9.47 Å². The Hall–Kier alpha value is -2.34. The van der Waals surface area contributed by atoms with Crippen LogP contribution in [0.2, 0.25) is 0 Å². The van der Waals surface area contributed by atoms with Crippen LogP contribution in [0.15, 0.2) is 46.9 Å². The molecule has 0 saturated carbocycles. The van der Waals surface area contributed by atoms with E-state index in [1.54, 1.807) is 18.2 Å². The van der Waals surface area contributed by atoms with E-state index in [0.717, 1.165) is 4.47 Å². The first-order valence-electron chi connectivity index (χ1n) is 5.90. The molecule has 6 heteroatoms. The van der Waals surface area contributed by atoms with Gasteiger partial charge in [-0.15, -0.1) is 0 Å². The van der Waals surface area contributed by atoms with Crippen LogP contribution in [0.4, 0.5) is 0 Å². The van der Waals surface area contributed by atoms with Crippen molar-refractivity contribution in [1.82, 2.24) is 0 Å². The fourth-order valence-electron chi connectivity index (χ4n) is 1.67. The molecule has 0 heterocycles. The number of methoxy groups -OCH3 is 1. The summed E-state index contributed by atoms with van der Waals surface area (Å²) in [5, 5.41) is 8.80. The Morgan fingerprint density at radius 2 is 1.76 bits per heavy atom. The average molecular weight is 351 g/mol. The summed E-state index contributed by atoms with van der Waals surface area (Å²) in [4.78, 5) is 22.9. The molecule has 108 valence electrons. The van der Waals surface area contributed by atoms with Crippen molar-refractivity contribution < 1.29 is 24.2 Å². The van der Waals surface area contributed by atoms with E-state index in [0.29, 0.717) is 5.75 Å². The van der Waals surface area contributed by atoms with Crippen LogP contribution in [0.5, 0.6) is 11.5 Å². The molecule has 0 aliphatic rings. The number of carbonyl (C=O) groups is 2. The molecule has 5 nitrogen and oxygen atoms in total. The molecule has 0 bridgehead atoms. The lowest BCUT2D eigenvalue weighted by Gasteiger charge is -2.09. The summed E-state index contributed by atoms with van der Waals surface area (Å²) >= 11 is 3.28. The summed E-state index contributed by atoms with van der Waals surface area (Å²) in [6.45, 7) is 0. The van der Waals surface area contributed by atoms with Gasteiger partial charge in [0.15, 0.2) is 0 Å². The molecule has 2 rings (SSSR count). The number of benzene rings is 2. The SMILES string of the molecule is COc1ccc(Br)cc1C(=O)Oc1ccc(C(=O)O)cc1. The van der Waals surface area contributed by atoms with Crippen LogP contribution in [0.25, 0.3) is 0 Å². The van der Waals surface area contributed by atoms with E-state index in [1.165, 1.54) is 31.4 Å². The van der Waals surface area contributed by atoms with E-state index in [9.17, 15) is 9.59 Å². The van der Waals surface area contributed by atoms with Crippen LogP contribution in [-0.2, 0) is 0 Å². The monoisotopic (exact) mass is 350 g/mol. The highest BCUT2D eigenvalue weighted by molar-refractivity contribution is 9.10. The number of halogens is 1. The van der Waals surface area contributed by atoms with Gasteiger partial charge in [0.2, 0.25) is 0 Å². The lowest BCUT2D eigenvalue weighted by atomic mass is 10.2. The van der Waals surface area contributed by atoms with Crippen molar-refractivity contribution in [3.8, 4) is 11.5 Å². The second-order valence-corrected chi connectivity index (χ2v) is 4.98. The van der Waals surface area contributed by atoms with Gasteiger partial charge in [-0.2, -0.15) is 0 Å². The molecule has 0 atom stereocenters. The molecule has 0 aliphatic heterocycles. The van der Waals surface area contributed by atoms with Crippen molar-refractivity contribution in [2.45, 2.75) is 0 Å². The number of hydrogen-bond donors (Lipinski definition) is 1. The smallest absolute Gasteiger partial charge is 0.347 e. The third kappa shape index (κ3) is 3.61. The van der Waals surface area contributed by atoms with Gasteiger partial charge in [-0.3, -0.25) is 0 Å². The first-order chi connectivity index (χ1) is 10.0. The summed E-state index contributed by atoms with van der Waals surface area (Å²) in [7, 11) is 1.46. The molecule has 2 aromatic carbocycles. The minimum atomic E-state index is -1.04. The Balaban J connectivity index is 2.21. The average Bonchev–Trinajstić information content (AvgIpc) is 2.47.